The number of thiophene rings is 1. The van der Waals surface area contributed by atoms with Crippen molar-refractivity contribution in [2.75, 3.05) is 6.61 Å². The molecule has 0 amide bonds. The minimum absolute atomic E-state index is 0.0404. The maximum atomic E-state index is 13.8. The molecule has 0 radical (unpaired) electrons. The third-order valence-corrected chi connectivity index (χ3v) is 3.68. The largest absolute Gasteiger partial charge is 0.461 e. The maximum Gasteiger partial charge on any atom is 0.380 e. The summed E-state index contributed by atoms with van der Waals surface area (Å²) in [6.07, 6.45) is -2.21. The molecule has 6 heteroatoms. The lowest BCUT2D eigenvalue weighted by Gasteiger charge is -2.20. The number of hydrogen-bond donors (Lipinski definition) is 1. The Hall–Kier alpha value is -1.53. The van der Waals surface area contributed by atoms with Crippen molar-refractivity contribution >= 4 is 27.4 Å². The minimum atomic E-state index is -3.96. The van der Waals surface area contributed by atoms with E-state index in [1.54, 1.807) is 24.3 Å². The average molecular weight is 286 g/mol. The van der Waals surface area contributed by atoms with Crippen LogP contribution in [-0.2, 0) is 9.53 Å². The first-order valence-corrected chi connectivity index (χ1v) is 6.55. The fourth-order valence-electron chi connectivity index (χ4n) is 1.74. The number of rotatable bonds is 4. The highest BCUT2D eigenvalue weighted by atomic mass is 32.1. The van der Waals surface area contributed by atoms with Gasteiger partial charge in [0.25, 0.3) is 0 Å². The number of fused-ring (bicyclic) bond motifs is 1. The second-order valence-corrected chi connectivity index (χ2v) is 4.84. The molecule has 0 aliphatic heterocycles. The van der Waals surface area contributed by atoms with E-state index in [-0.39, 0.29) is 12.2 Å². The van der Waals surface area contributed by atoms with E-state index in [0.717, 1.165) is 4.70 Å². The molecule has 19 heavy (non-hydrogen) atoms. The first-order chi connectivity index (χ1) is 8.98. The van der Waals surface area contributed by atoms with Gasteiger partial charge in [-0.3, -0.25) is 0 Å². The molecule has 0 aliphatic carbocycles. The number of aliphatic hydroxyl groups excluding tert-OH is 1. The number of halogens is 2. The van der Waals surface area contributed by atoms with Crippen LogP contribution < -0.4 is 0 Å². The number of hydrogen-bond acceptors (Lipinski definition) is 4. The Morgan fingerprint density at radius 3 is 2.84 bits per heavy atom. The summed E-state index contributed by atoms with van der Waals surface area (Å²) in [5.41, 5.74) is 0.0404. The van der Waals surface area contributed by atoms with E-state index in [1.807, 2.05) is 0 Å². The molecule has 2 rings (SSSR count). The highest BCUT2D eigenvalue weighted by Crippen LogP contribution is 2.38. The molecule has 2 aromatic rings. The Kier molecular flexibility index (Phi) is 3.82. The van der Waals surface area contributed by atoms with Crippen LogP contribution in [0.2, 0.25) is 0 Å². The van der Waals surface area contributed by atoms with E-state index >= 15 is 0 Å². The molecule has 0 saturated carbocycles. The fourth-order valence-corrected chi connectivity index (χ4v) is 2.72. The van der Waals surface area contributed by atoms with Crippen LogP contribution in [0.25, 0.3) is 10.1 Å². The third-order valence-electron chi connectivity index (χ3n) is 2.70. The predicted octanol–water partition coefficient (Wildman–Crippen LogP) is 3.13. The molecule has 0 spiro atoms. The van der Waals surface area contributed by atoms with Gasteiger partial charge in [0.05, 0.1) is 6.61 Å². The molecule has 1 atom stereocenters. The predicted molar refractivity (Wildman–Crippen MR) is 68.4 cm³/mol. The Morgan fingerprint density at radius 1 is 1.47 bits per heavy atom. The van der Waals surface area contributed by atoms with Gasteiger partial charge in [-0.15, -0.1) is 11.3 Å². The average Bonchev–Trinajstić information content (AvgIpc) is 2.81. The molecule has 0 aliphatic rings. The number of carbonyl (C=O) groups excluding carboxylic acids is 1. The molecule has 0 saturated heterocycles. The Labute approximate surface area is 112 Å². The number of aliphatic hydroxyl groups is 1. The van der Waals surface area contributed by atoms with E-state index < -0.39 is 18.0 Å². The number of alkyl halides is 2. The van der Waals surface area contributed by atoms with Gasteiger partial charge in [0.1, 0.15) is 0 Å². The molecule has 1 heterocycles. The number of carbonyl (C=O) groups is 1. The van der Waals surface area contributed by atoms with E-state index in [4.69, 9.17) is 0 Å². The van der Waals surface area contributed by atoms with Gasteiger partial charge in [-0.05, 0) is 23.8 Å². The molecule has 102 valence electrons. The van der Waals surface area contributed by atoms with Gasteiger partial charge in [-0.25, -0.2) is 4.79 Å². The van der Waals surface area contributed by atoms with Crippen LogP contribution in [0.5, 0.6) is 0 Å². The summed E-state index contributed by atoms with van der Waals surface area (Å²) in [5, 5.41) is 11.7. The number of esters is 1. The van der Waals surface area contributed by atoms with Crippen molar-refractivity contribution in [2.24, 2.45) is 0 Å². The smallest absolute Gasteiger partial charge is 0.380 e. The molecule has 0 fully saturated rings. The SMILES string of the molecule is CCOC(=O)C(F)(F)C(O)c1csc2ccccc12. The first kappa shape index (κ1) is 13.9. The summed E-state index contributed by atoms with van der Waals surface area (Å²) in [4.78, 5) is 11.2. The summed E-state index contributed by atoms with van der Waals surface area (Å²) >= 11 is 1.24. The number of ether oxygens (including phenoxy) is 1. The van der Waals surface area contributed by atoms with Crippen molar-refractivity contribution in [3.8, 4) is 0 Å². The number of benzene rings is 1. The van der Waals surface area contributed by atoms with Crippen LogP contribution in [0.4, 0.5) is 8.78 Å². The Bertz CT molecular complexity index is 594. The van der Waals surface area contributed by atoms with E-state index in [9.17, 15) is 18.7 Å². The highest BCUT2D eigenvalue weighted by Gasteiger charge is 2.49. The lowest BCUT2D eigenvalue weighted by Crippen LogP contribution is -2.37. The van der Waals surface area contributed by atoms with Gasteiger partial charge in [0, 0.05) is 10.3 Å². The summed E-state index contributed by atoms with van der Waals surface area (Å²) in [6, 6.07) is 6.86. The molecule has 0 bridgehead atoms. The monoisotopic (exact) mass is 286 g/mol. The minimum Gasteiger partial charge on any atom is -0.461 e. The zero-order chi connectivity index (χ0) is 14.0. The van der Waals surface area contributed by atoms with E-state index in [2.05, 4.69) is 4.74 Å². The van der Waals surface area contributed by atoms with Crippen LogP contribution in [0.3, 0.4) is 0 Å². The standard InChI is InChI=1S/C13H12F2O3S/c1-2-18-12(17)13(14,15)11(16)9-7-19-10-6-4-3-5-8(9)10/h3-7,11,16H,2H2,1H3. The third kappa shape index (κ3) is 2.46. The molecule has 1 N–H and O–H groups in total. The molecule has 1 aromatic carbocycles. The molecular formula is C13H12F2O3S. The van der Waals surface area contributed by atoms with Crippen LogP contribution in [0.15, 0.2) is 29.6 Å². The zero-order valence-electron chi connectivity index (χ0n) is 10.1. The van der Waals surface area contributed by atoms with Crippen molar-refractivity contribution in [3.05, 3.63) is 35.2 Å². The Morgan fingerprint density at radius 2 is 2.16 bits per heavy atom. The van der Waals surface area contributed by atoms with Crippen molar-refractivity contribution in [1.82, 2.24) is 0 Å². The van der Waals surface area contributed by atoms with Gasteiger partial charge in [0.15, 0.2) is 6.10 Å². The molecular weight excluding hydrogens is 274 g/mol. The summed E-state index contributed by atoms with van der Waals surface area (Å²) < 4.78 is 32.6. The molecule has 3 nitrogen and oxygen atoms in total. The lowest BCUT2D eigenvalue weighted by molar-refractivity contribution is -0.188. The first-order valence-electron chi connectivity index (χ1n) is 5.67. The Balaban J connectivity index is 2.38. The summed E-state index contributed by atoms with van der Waals surface area (Å²) in [6.45, 7) is 1.27. The van der Waals surface area contributed by atoms with Gasteiger partial charge < -0.3 is 9.84 Å². The van der Waals surface area contributed by atoms with Crippen LogP contribution >= 0.6 is 11.3 Å². The van der Waals surface area contributed by atoms with Crippen LogP contribution in [0.1, 0.15) is 18.6 Å². The summed E-state index contributed by atoms with van der Waals surface area (Å²) in [7, 11) is 0. The fraction of sp³-hybridized carbons (Fsp3) is 0.308. The van der Waals surface area contributed by atoms with E-state index in [1.165, 1.54) is 23.6 Å². The van der Waals surface area contributed by atoms with Crippen LogP contribution in [0, 0.1) is 0 Å². The quantitative estimate of drug-likeness (QED) is 0.878. The van der Waals surface area contributed by atoms with Crippen LogP contribution in [-0.4, -0.2) is 23.6 Å². The second kappa shape index (κ2) is 5.22. The second-order valence-electron chi connectivity index (χ2n) is 3.93. The topological polar surface area (TPSA) is 46.5 Å². The summed E-state index contributed by atoms with van der Waals surface area (Å²) in [5.74, 6) is -5.67. The van der Waals surface area contributed by atoms with E-state index in [0.29, 0.717) is 5.39 Å². The molecule has 1 aromatic heterocycles. The van der Waals surface area contributed by atoms with Crippen molar-refractivity contribution < 1.29 is 23.4 Å². The molecule has 1 unspecified atom stereocenters. The van der Waals surface area contributed by atoms with Gasteiger partial charge >= 0.3 is 11.9 Å². The van der Waals surface area contributed by atoms with Gasteiger partial charge in [0.2, 0.25) is 0 Å². The van der Waals surface area contributed by atoms with Crippen molar-refractivity contribution in [3.63, 3.8) is 0 Å². The highest BCUT2D eigenvalue weighted by molar-refractivity contribution is 7.17. The lowest BCUT2D eigenvalue weighted by atomic mass is 10.0. The van der Waals surface area contributed by atoms with Crippen molar-refractivity contribution in [2.45, 2.75) is 19.0 Å². The van der Waals surface area contributed by atoms with Gasteiger partial charge in [-0.1, -0.05) is 18.2 Å². The zero-order valence-corrected chi connectivity index (χ0v) is 10.9. The normalized spacial score (nSPS) is 13.5. The maximum absolute atomic E-state index is 13.8. The van der Waals surface area contributed by atoms with Gasteiger partial charge in [-0.2, -0.15) is 8.78 Å². The van der Waals surface area contributed by atoms with Crippen molar-refractivity contribution in [1.29, 1.82) is 0 Å².